The van der Waals surface area contributed by atoms with Gasteiger partial charge in [-0.3, -0.25) is 4.79 Å². The molecule has 0 bridgehead atoms. The second-order valence-electron chi connectivity index (χ2n) is 8.39. The van der Waals surface area contributed by atoms with E-state index in [1.54, 1.807) is 11.3 Å². The van der Waals surface area contributed by atoms with Gasteiger partial charge < -0.3 is 15.9 Å². The van der Waals surface area contributed by atoms with E-state index < -0.39 is 6.10 Å². The molecular formula is C24H36BrNO3S. The van der Waals surface area contributed by atoms with E-state index >= 15 is 0 Å². The van der Waals surface area contributed by atoms with Crippen LogP contribution in [0.1, 0.15) is 61.6 Å². The third-order valence-corrected chi connectivity index (χ3v) is 8.32. The number of primary amides is 1. The summed E-state index contributed by atoms with van der Waals surface area (Å²) in [5.41, 5.74) is 5.17. The molecule has 4 nitrogen and oxygen atoms in total. The number of aliphatic hydroxyl groups is 2. The maximum atomic E-state index is 10.8. The molecule has 1 aromatic rings. The van der Waals surface area contributed by atoms with Crippen LogP contribution in [0.15, 0.2) is 34.8 Å². The molecule has 2 rings (SSSR count). The van der Waals surface area contributed by atoms with Crippen molar-refractivity contribution in [3.63, 3.8) is 0 Å². The van der Waals surface area contributed by atoms with Crippen LogP contribution in [-0.4, -0.2) is 28.3 Å². The Labute approximate surface area is 193 Å². The molecule has 30 heavy (non-hydrogen) atoms. The highest BCUT2D eigenvalue weighted by Gasteiger charge is 2.39. The van der Waals surface area contributed by atoms with Crippen molar-refractivity contribution in [3.05, 3.63) is 44.6 Å². The maximum Gasteiger partial charge on any atom is 0.217 e. The monoisotopic (exact) mass is 497 g/mol. The number of carbonyl (C=O) groups excluding carboxylic acids is 1. The first kappa shape index (κ1) is 25.3. The molecule has 1 saturated carbocycles. The first-order chi connectivity index (χ1) is 14.3. The number of aryl methyl sites for hydroxylation is 2. The molecule has 1 fully saturated rings. The number of hydrogen-bond acceptors (Lipinski definition) is 4. The lowest BCUT2D eigenvalue weighted by molar-refractivity contribution is -0.118. The highest BCUT2D eigenvalue weighted by atomic mass is 79.9. The maximum absolute atomic E-state index is 10.8. The van der Waals surface area contributed by atoms with Gasteiger partial charge in [-0.15, -0.1) is 11.3 Å². The fourth-order valence-corrected chi connectivity index (χ4v) is 5.97. The molecule has 0 aromatic carbocycles. The molecule has 0 spiro atoms. The van der Waals surface area contributed by atoms with Gasteiger partial charge in [0.2, 0.25) is 5.91 Å². The Morgan fingerprint density at radius 3 is 2.83 bits per heavy atom. The number of halogens is 1. The predicted molar refractivity (Wildman–Crippen MR) is 128 cm³/mol. The minimum atomic E-state index is -0.466. The molecule has 6 heteroatoms. The second-order valence-corrected chi connectivity index (χ2v) is 10.6. The minimum absolute atomic E-state index is 0.182. The summed E-state index contributed by atoms with van der Waals surface area (Å²) in [7, 11) is 0. The number of thiophene rings is 1. The lowest BCUT2D eigenvalue weighted by atomic mass is 9.85. The zero-order valence-corrected chi connectivity index (χ0v) is 20.5. The second kappa shape index (κ2) is 12.8. The van der Waals surface area contributed by atoms with Crippen LogP contribution in [0.25, 0.3) is 0 Å². The van der Waals surface area contributed by atoms with Gasteiger partial charge in [0.1, 0.15) is 0 Å². The highest BCUT2D eigenvalue weighted by Crippen LogP contribution is 2.42. The number of unbranched alkanes of at least 4 members (excludes halogenated alkanes) is 1. The number of rotatable bonds is 12. The minimum Gasteiger partial charge on any atom is -0.393 e. The fourth-order valence-electron chi connectivity index (χ4n) is 4.35. The van der Waals surface area contributed by atoms with Gasteiger partial charge in [-0.1, -0.05) is 37.6 Å². The fraction of sp³-hybridized carbons (Fsp3) is 0.625. The quantitative estimate of drug-likeness (QED) is 0.270. The van der Waals surface area contributed by atoms with Gasteiger partial charge in [-0.25, -0.2) is 0 Å². The van der Waals surface area contributed by atoms with Gasteiger partial charge in [0, 0.05) is 20.6 Å². The molecule has 1 amide bonds. The summed E-state index contributed by atoms with van der Waals surface area (Å²) in [4.78, 5) is 13.4. The van der Waals surface area contributed by atoms with E-state index in [2.05, 4.69) is 54.1 Å². The van der Waals surface area contributed by atoms with Gasteiger partial charge in [0.15, 0.2) is 0 Å². The van der Waals surface area contributed by atoms with Gasteiger partial charge >= 0.3 is 0 Å². The Morgan fingerprint density at radius 2 is 2.20 bits per heavy atom. The Kier molecular flexibility index (Phi) is 10.8. The largest absolute Gasteiger partial charge is 0.393 e. The number of hydrogen-bond donors (Lipinski definition) is 3. The topological polar surface area (TPSA) is 83.5 Å². The molecule has 1 aliphatic carbocycles. The summed E-state index contributed by atoms with van der Waals surface area (Å²) < 4.78 is 1.14. The van der Waals surface area contributed by atoms with E-state index in [9.17, 15) is 15.0 Å². The van der Waals surface area contributed by atoms with E-state index in [1.807, 2.05) is 6.08 Å². The van der Waals surface area contributed by atoms with Crippen molar-refractivity contribution in [1.29, 1.82) is 0 Å². The van der Waals surface area contributed by atoms with Crippen molar-refractivity contribution in [1.82, 2.24) is 0 Å². The van der Waals surface area contributed by atoms with Crippen LogP contribution < -0.4 is 5.73 Å². The highest BCUT2D eigenvalue weighted by molar-refractivity contribution is 9.10. The lowest BCUT2D eigenvalue weighted by Gasteiger charge is -2.21. The molecule has 1 aliphatic rings. The van der Waals surface area contributed by atoms with Crippen LogP contribution in [0, 0.1) is 24.7 Å². The number of allylic oxidation sites excluding steroid dienone is 3. The van der Waals surface area contributed by atoms with E-state index in [0.29, 0.717) is 18.8 Å². The van der Waals surface area contributed by atoms with Gasteiger partial charge in [0.25, 0.3) is 0 Å². The smallest absolute Gasteiger partial charge is 0.217 e. The summed E-state index contributed by atoms with van der Waals surface area (Å²) in [6.45, 7) is 4.27. The van der Waals surface area contributed by atoms with Crippen molar-refractivity contribution < 1.29 is 15.0 Å². The summed E-state index contributed by atoms with van der Waals surface area (Å²) in [5, 5.41) is 21.1. The van der Waals surface area contributed by atoms with Crippen LogP contribution in [0.3, 0.4) is 0 Å². The van der Waals surface area contributed by atoms with Crippen molar-refractivity contribution >= 4 is 33.2 Å². The van der Waals surface area contributed by atoms with Gasteiger partial charge in [0.05, 0.1) is 12.2 Å². The first-order valence-electron chi connectivity index (χ1n) is 11.0. The Morgan fingerprint density at radius 1 is 1.43 bits per heavy atom. The first-order valence-corrected chi connectivity index (χ1v) is 12.6. The average Bonchev–Trinajstić information content (AvgIpc) is 3.19. The van der Waals surface area contributed by atoms with Crippen molar-refractivity contribution in [2.24, 2.45) is 23.5 Å². The van der Waals surface area contributed by atoms with Crippen LogP contribution in [0.5, 0.6) is 0 Å². The predicted octanol–water partition coefficient (Wildman–Crippen LogP) is 5.29. The van der Waals surface area contributed by atoms with E-state index in [-0.39, 0.29) is 23.8 Å². The zero-order chi connectivity index (χ0) is 22.1. The normalized spacial score (nSPS) is 25.5. The van der Waals surface area contributed by atoms with Crippen molar-refractivity contribution in [2.75, 3.05) is 0 Å². The number of amides is 1. The van der Waals surface area contributed by atoms with E-state index in [1.165, 1.54) is 9.75 Å². The molecule has 4 N–H and O–H groups in total. The molecule has 0 aliphatic heterocycles. The Balaban J connectivity index is 1.88. The molecule has 3 unspecified atom stereocenters. The van der Waals surface area contributed by atoms with Crippen LogP contribution in [0.4, 0.5) is 0 Å². The SMILES string of the molecule is CCC1CC(O)[C@H](CC=CCCCC(N)=O)[C@H]1C=CC(O)CCc1cc(Br)c(C)s1. The van der Waals surface area contributed by atoms with Gasteiger partial charge in [-0.05, 0) is 85.2 Å². The summed E-state index contributed by atoms with van der Waals surface area (Å²) in [6, 6.07) is 2.14. The number of carbonyl (C=O) groups is 1. The molecule has 5 atom stereocenters. The van der Waals surface area contributed by atoms with E-state index in [4.69, 9.17) is 5.73 Å². The van der Waals surface area contributed by atoms with Crippen molar-refractivity contribution in [3.8, 4) is 0 Å². The molecular weight excluding hydrogens is 462 g/mol. The zero-order valence-electron chi connectivity index (χ0n) is 18.1. The van der Waals surface area contributed by atoms with Crippen LogP contribution in [-0.2, 0) is 11.2 Å². The number of aliphatic hydroxyl groups excluding tert-OH is 2. The summed E-state index contributed by atoms with van der Waals surface area (Å²) >= 11 is 5.32. The lowest BCUT2D eigenvalue weighted by Crippen LogP contribution is -2.19. The average molecular weight is 499 g/mol. The third kappa shape index (κ3) is 7.95. The summed E-state index contributed by atoms with van der Waals surface area (Å²) in [5.74, 6) is 0.661. The van der Waals surface area contributed by atoms with Gasteiger partial charge in [-0.2, -0.15) is 0 Å². The molecule has 1 aromatic heterocycles. The Bertz CT molecular complexity index is 711. The third-order valence-electron chi connectivity index (χ3n) is 6.12. The standard InChI is InChI=1S/C24H36BrNO3S/c1-3-17-14-23(28)21(8-6-4-5-7-9-24(26)29)20(17)13-11-18(27)10-12-19-15-22(25)16(2)30-19/h4,6,11,13,15,17-18,20-21,23,27-28H,3,5,7-10,12,14H2,1-2H3,(H2,26,29)/t17?,18?,20-,21+,23?/m0/s1. The van der Waals surface area contributed by atoms with E-state index in [0.717, 1.165) is 43.0 Å². The van der Waals surface area contributed by atoms with Crippen molar-refractivity contribution in [2.45, 2.75) is 77.4 Å². The molecule has 0 radical (unpaired) electrons. The Hall–Kier alpha value is -0.950. The molecule has 168 valence electrons. The summed E-state index contributed by atoms with van der Waals surface area (Å²) in [6.07, 6.45) is 13.8. The van der Waals surface area contributed by atoms with Crippen LogP contribution in [0.2, 0.25) is 0 Å². The number of nitrogens with two attached hydrogens (primary N) is 1. The molecule has 0 saturated heterocycles. The van der Waals surface area contributed by atoms with Crippen LogP contribution >= 0.6 is 27.3 Å². The molecule has 1 heterocycles.